The Morgan fingerprint density at radius 2 is 2.29 bits per heavy atom. The molecular weight excluding hydrogens is 225 g/mol. The quantitative estimate of drug-likeness (QED) is 0.821. The molecule has 14 heavy (non-hydrogen) atoms. The van der Waals surface area contributed by atoms with Crippen LogP contribution in [0.2, 0.25) is 0 Å². The van der Waals surface area contributed by atoms with Crippen LogP contribution in [0.1, 0.15) is 24.6 Å². The lowest BCUT2D eigenvalue weighted by Crippen LogP contribution is -2.18. The second-order valence-electron chi connectivity index (χ2n) is 3.07. The number of rotatable bonds is 2. The highest BCUT2D eigenvalue weighted by molar-refractivity contribution is 5.85. The summed E-state index contributed by atoms with van der Waals surface area (Å²) in [6.07, 6.45) is 4.26. The maximum Gasteiger partial charge on any atom is 0.0994 e. The third kappa shape index (κ3) is 2.85. The second-order valence-corrected chi connectivity index (χ2v) is 3.07. The number of nitrogens with two attached hydrogens (primary N) is 1. The van der Waals surface area contributed by atoms with E-state index in [1.165, 1.54) is 0 Å². The second kappa shape index (κ2) is 6.24. The summed E-state index contributed by atoms with van der Waals surface area (Å²) in [5, 5.41) is 6.79. The van der Waals surface area contributed by atoms with Crippen molar-refractivity contribution < 1.29 is 4.74 Å². The topological polar surface area (TPSA) is 63.9 Å². The lowest BCUT2D eigenvalue weighted by Gasteiger charge is -2.09. The summed E-state index contributed by atoms with van der Waals surface area (Å²) in [6, 6.07) is 1.95. The first-order chi connectivity index (χ1) is 5.90. The van der Waals surface area contributed by atoms with Crippen LogP contribution >= 0.6 is 24.8 Å². The summed E-state index contributed by atoms with van der Waals surface area (Å²) in [5.74, 6) is 0. The van der Waals surface area contributed by atoms with E-state index in [9.17, 15) is 0 Å². The van der Waals surface area contributed by atoms with Crippen LogP contribution in [-0.2, 0) is 4.74 Å². The van der Waals surface area contributed by atoms with Crippen molar-refractivity contribution in [1.29, 1.82) is 0 Å². The maximum absolute atomic E-state index is 5.66. The average Bonchev–Trinajstić information content (AvgIpc) is 2.75. The zero-order valence-corrected chi connectivity index (χ0v) is 9.31. The molecule has 1 aromatic heterocycles. The van der Waals surface area contributed by atoms with Crippen molar-refractivity contribution in [3.05, 3.63) is 18.0 Å². The Bertz CT molecular complexity index is 243. The van der Waals surface area contributed by atoms with Crippen molar-refractivity contribution in [3.8, 4) is 0 Å². The Morgan fingerprint density at radius 1 is 1.50 bits per heavy atom. The fourth-order valence-corrected chi connectivity index (χ4v) is 1.55. The number of halogens is 2. The van der Waals surface area contributed by atoms with Crippen LogP contribution in [0.15, 0.2) is 12.3 Å². The minimum absolute atomic E-state index is 0. The minimum Gasteiger partial charge on any atom is -0.367 e. The predicted molar refractivity (Wildman–Crippen MR) is 59.0 cm³/mol. The smallest absolute Gasteiger partial charge is 0.0994 e. The molecule has 0 aliphatic carbocycles. The van der Waals surface area contributed by atoms with Crippen molar-refractivity contribution in [1.82, 2.24) is 10.2 Å². The van der Waals surface area contributed by atoms with Gasteiger partial charge in [-0.05, 0) is 18.9 Å². The molecule has 3 N–H and O–H groups in total. The van der Waals surface area contributed by atoms with E-state index in [1.807, 2.05) is 6.07 Å². The summed E-state index contributed by atoms with van der Waals surface area (Å²) in [4.78, 5) is 0. The Morgan fingerprint density at radius 3 is 2.79 bits per heavy atom. The molecule has 1 aliphatic heterocycles. The Hall–Kier alpha value is -0.290. The van der Waals surface area contributed by atoms with Crippen LogP contribution in [0.5, 0.6) is 0 Å². The van der Waals surface area contributed by atoms with E-state index in [2.05, 4.69) is 10.2 Å². The zero-order chi connectivity index (χ0) is 8.39. The lowest BCUT2D eigenvalue weighted by atomic mass is 10.1. The lowest BCUT2D eigenvalue weighted by molar-refractivity contribution is 0.0474. The van der Waals surface area contributed by atoms with Gasteiger partial charge in [0.05, 0.1) is 17.9 Å². The molecule has 4 nitrogen and oxygen atoms in total. The van der Waals surface area contributed by atoms with Gasteiger partial charge in [0.1, 0.15) is 0 Å². The zero-order valence-electron chi connectivity index (χ0n) is 7.68. The number of nitrogens with one attached hydrogen (secondary N) is 1. The van der Waals surface area contributed by atoms with Crippen LogP contribution in [0.25, 0.3) is 0 Å². The third-order valence-electron chi connectivity index (χ3n) is 2.24. The Balaban J connectivity index is 0.000000845. The van der Waals surface area contributed by atoms with Crippen LogP contribution < -0.4 is 5.73 Å². The number of H-pyrrole nitrogens is 1. The molecule has 0 aromatic carbocycles. The molecule has 2 atom stereocenters. The molecule has 0 bridgehead atoms. The van der Waals surface area contributed by atoms with Gasteiger partial charge in [-0.2, -0.15) is 5.10 Å². The van der Waals surface area contributed by atoms with E-state index >= 15 is 0 Å². The monoisotopic (exact) mass is 239 g/mol. The molecule has 0 amide bonds. The summed E-state index contributed by atoms with van der Waals surface area (Å²) in [5.41, 5.74) is 6.56. The van der Waals surface area contributed by atoms with Gasteiger partial charge in [0, 0.05) is 12.7 Å². The molecule has 1 saturated heterocycles. The van der Waals surface area contributed by atoms with Crippen molar-refractivity contribution in [2.75, 3.05) is 6.54 Å². The number of aromatic amines is 1. The molecule has 2 rings (SSSR count). The standard InChI is InChI=1S/C8H13N3O.2ClH/c9-5-6-1-2-8(12-6)7-3-4-10-11-7;;/h3-4,6,8H,1-2,5,9H2,(H,10,11);2*1H. The summed E-state index contributed by atoms with van der Waals surface area (Å²) < 4.78 is 5.66. The van der Waals surface area contributed by atoms with Crippen LogP contribution in [0.4, 0.5) is 0 Å². The number of aromatic nitrogens is 2. The molecule has 0 radical (unpaired) electrons. The number of hydrogen-bond acceptors (Lipinski definition) is 3. The molecule has 2 heterocycles. The first-order valence-electron chi connectivity index (χ1n) is 4.25. The average molecular weight is 240 g/mol. The van der Waals surface area contributed by atoms with E-state index in [-0.39, 0.29) is 37.0 Å². The number of nitrogens with zero attached hydrogens (tertiary/aromatic N) is 1. The highest BCUT2D eigenvalue weighted by Crippen LogP contribution is 2.30. The van der Waals surface area contributed by atoms with Gasteiger partial charge in [-0.1, -0.05) is 0 Å². The molecule has 0 saturated carbocycles. The fraction of sp³-hybridized carbons (Fsp3) is 0.625. The molecule has 1 aliphatic rings. The minimum atomic E-state index is 0. The van der Waals surface area contributed by atoms with Gasteiger partial charge >= 0.3 is 0 Å². The fourth-order valence-electron chi connectivity index (χ4n) is 1.55. The summed E-state index contributed by atoms with van der Waals surface area (Å²) in [6.45, 7) is 0.616. The van der Waals surface area contributed by atoms with E-state index < -0.39 is 0 Å². The van der Waals surface area contributed by atoms with Gasteiger partial charge in [0.15, 0.2) is 0 Å². The number of hydrogen-bond donors (Lipinski definition) is 2. The van der Waals surface area contributed by atoms with E-state index in [0.717, 1.165) is 18.5 Å². The highest BCUT2D eigenvalue weighted by Gasteiger charge is 2.25. The predicted octanol–water partition coefficient (Wildman–Crippen LogP) is 1.43. The van der Waals surface area contributed by atoms with Crippen molar-refractivity contribution in [3.63, 3.8) is 0 Å². The molecule has 2 unspecified atom stereocenters. The molecule has 0 spiro atoms. The number of ether oxygens (including phenoxy) is 1. The van der Waals surface area contributed by atoms with Gasteiger partial charge in [-0.3, -0.25) is 5.10 Å². The van der Waals surface area contributed by atoms with Gasteiger partial charge in [0.25, 0.3) is 0 Å². The van der Waals surface area contributed by atoms with E-state index in [1.54, 1.807) is 6.20 Å². The van der Waals surface area contributed by atoms with E-state index in [4.69, 9.17) is 10.5 Å². The largest absolute Gasteiger partial charge is 0.367 e. The van der Waals surface area contributed by atoms with Gasteiger partial charge in [-0.15, -0.1) is 24.8 Å². The SMILES string of the molecule is Cl.Cl.NCC1CCC(c2ccn[nH]2)O1. The van der Waals surface area contributed by atoms with Gasteiger partial charge in [0.2, 0.25) is 0 Å². The molecule has 1 aromatic rings. The molecule has 82 valence electrons. The van der Waals surface area contributed by atoms with Crippen molar-refractivity contribution in [2.45, 2.75) is 25.0 Å². The third-order valence-corrected chi connectivity index (χ3v) is 2.24. The first-order valence-corrected chi connectivity index (χ1v) is 4.25. The first kappa shape index (κ1) is 13.7. The van der Waals surface area contributed by atoms with Gasteiger partial charge in [-0.25, -0.2) is 0 Å². The van der Waals surface area contributed by atoms with Crippen LogP contribution in [-0.4, -0.2) is 22.8 Å². The Labute approximate surface area is 95.4 Å². The van der Waals surface area contributed by atoms with Crippen LogP contribution in [0, 0.1) is 0 Å². The maximum atomic E-state index is 5.66. The molecule has 1 fully saturated rings. The van der Waals surface area contributed by atoms with E-state index in [0.29, 0.717) is 6.54 Å². The highest BCUT2D eigenvalue weighted by atomic mass is 35.5. The Kier molecular flexibility index (Phi) is 6.11. The van der Waals surface area contributed by atoms with Crippen molar-refractivity contribution in [2.24, 2.45) is 5.73 Å². The van der Waals surface area contributed by atoms with Crippen LogP contribution in [0.3, 0.4) is 0 Å². The molecule has 6 heteroatoms. The van der Waals surface area contributed by atoms with Crippen molar-refractivity contribution >= 4 is 24.8 Å². The normalized spacial score (nSPS) is 25.2. The van der Waals surface area contributed by atoms with Gasteiger partial charge < -0.3 is 10.5 Å². The summed E-state index contributed by atoms with van der Waals surface area (Å²) >= 11 is 0. The molecular formula is C8H15Cl2N3O. The summed E-state index contributed by atoms with van der Waals surface area (Å²) in [7, 11) is 0.